The summed E-state index contributed by atoms with van der Waals surface area (Å²) in [4.78, 5) is 24.5. The first kappa shape index (κ1) is 32.9. The minimum absolute atomic E-state index is 0.0449. The van der Waals surface area contributed by atoms with Gasteiger partial charge in [0.1, 0.15) is 0 Å². The first-order valence-electron chi connectivity index (χ1n) is 13.0. The summed E-state index contributed by atoms with van der Waals surface area (Å²) in [6, 6.07) is 12.7. The number of carbonyl (C=O) groups excluding carboxylic acids is 2. The lowest BCUT2D eigenvalue weighted by Crippen LogP contribution is -2.51. The Morgan fingerprint density at radius 1 is 1.07 bits per heavy atom. The van der Waals surface area contributed by atoms with Gasteiger partial charge in [0.25, 0.3) is 10.1 Å². The van der Waals surface area contributed by atoms with Gasteiger partial charge in [-0.15, -0.1) is 0 Å². The van der Waals surface area contributed by atoms with Gasteiger partial charge in [0.15, 0.2) is 11.5 Å². The van der Waals surface area contributed by atoms with Crippen molar-refractivity contribution in [2.24, 2.45) is 11.7 Å². The summed E-state index contributed by atoms with van der Waals surface area (Å²) in [5, 5.41) is 15.8. The van der Waals surface area contributed by atoms with Crippen LogP contribution in [-0.2, 0) is 26.1 Å². The van der Waals surface area contributed by atoms with E-state index in [2.05, 4.69) is 10.6 Å². The quantitative estimate of drug-likeness (QED) is 0.184. The summed E-state index contributed by atoms with van der Waals surface area (Å²) >= 11 is 0. The highest BCUT2D eigenvalue weighted by Crippen LogP contribution is 2.27. The molecule has 0 heterocycles. The second-order valence-corrected chi connectivity index (χ2v) is 10.6. The Balaban J connectivity index is 0.000000469. The van der Waals surface area contributed by atoms with Crippen molar-refractivity contribution >= 4 is 29.2 Å². The average Bonchev–Trinajstić information content (AvgIpc) is 3.49. The predicted molar refractivity (Wildman–Crippen MR) is 149 cm³/mol. The number of rotatable bonds is 12. The number of carbonyl (C=O) groups is 2. The van der Waals surface area contributed by atoms with Gasteiger partial charge in [-0.05, 0) is 62.1 Å². The molecule has 0 aliphatic heterocycles. The molecule has 0 bridgehead atoms. The van der Waals surface area contributed by atoms with Crippen LogP contribution in [0.1, 0.15) is 44.1 Å². The molecule has 0 aromatic heterocycles. The Labute approximate surface area is 235 Å². The van der Waals surface area contributed by atoms with Gasteiger partial charge in [-0.25, -0.2) is 4.79 Å². The third kappa shape index (κ3) is 11.0. The van der Waals surface area contributed by atoms with Gasteiger partial charge >= 0.3 is 13.2 Å². The van der Waals surface area contributed by atoms with E-state index in [0.717, 1.165) is 31.2 Å². The van der Waals surface area contributed by atoms with Crippen LogP contribution >= 0.6 is 0 Å². The molecule has 12 nitrogen and oxygen atoms in total. The minimum atomic E-state index is -4.00. The number of nitrogens with one attached hydrogen (secondary N) is 2. The molecule has 3 rings (SSSR count). The molecule has 2 amide bonds. The van der Waals surface area contributed by atoms with Crippen LogP contribution in [0.2, 0.25) is 0 Å². The Bertz CT molecular complexity index is 1180. The van der Waals surface area contributed by atoms with Crippen molar-refractivity contribution in [3.63, 3.8) is 0 Å². The Kier molecular flexibility index (Phi) is 13.7. The maximum Gasteiger partial charge on any atom is 0.549 e. The van der Waals surface area contributed by atoms with Crippen LogP contribution < -0.4 is 25.8 Å². The third-order valence-corrected chi connectivity index (χ3v) is 7.14. The standard InChI is InChI=1S/C20H32BN3O6.C6H6O3S/c1-28-16-10-9-14(12-17(16)29-2)13-23-20(26)30-21(27)18(8-5-11-22)24-19(25)15-6-3-4-7-15;7-10(8,9)6-4-2-1-3-5-6/h9-10,12,15,18,27H,3-8,11,13,22H2,1-2H3,(H,23,26)(H,24,25);1-5H,(H,7,8,9). The molecule has 2 aromatic rings. The average molecular weight is 579 g/mol. The lowest BCUT2D eigenvalue weighted by molar-refractivity contribution is -0.125. The molecular formula is C26H38BN3O9S. The van der Waals surface area contributed by atoms with E-state index in [-0.39, 0.29) is 23.3 Å². The molecule has 0 radical (unpaired) electrons. The van der Waals surface area contributed by atoms with Crippen LogP contribution in [0.3, 0.4) is 0 Å². The minimum Gasteiger partial charge on any atom is -0.493 e. The van der Waals surface area contributed by atoms with E-state index in [1.165, 1.54) is 19.2 Å². The Hall–Kier alpha value is -3.33. The molecule has 1 unspecified atom stereocenters. The van der Waals surface area contributed by atoms with E-state index >= 15 is 0 Å². The molecule has 1 saturated carbocycles. The molecule has 1 fully saturated rings. The maximum atomic E-state index is 12.4. The number of methoxy groups -OCH3 is 2. The summed E-state index contributed by atoms with van der Waals surface area (Å²) in [5.74, 6) is 0.273. The van der Waals surface area contributed by atoms with E-state index in [1.54, 1.807) is 43.5 Å². The highest BCUT2D eigenvalue weighted by Gasteiger charge is 2.34. The molecule has 0 saturated heterocycles. The zero-order valence-electron chi connectivity index (χ0n) is 22.7. The summed E-state index contributed by atoms with van der Waals surface area (Å²) in [5.41, 5.74) is 6.33. The first-order valence-corrected chi connectivity index (χ1v) is 14.4. The van der Waals surface area contributed by atoms with E-state index in [0.29, 0.717) is 30.9 Å². The van der Waals surface area contributed by atoms with Crippen LogP contribution in [0.5, 0.6) is 11.5 Å². The van der Waals surface area contributed by atoms with Gasteiger partial charge in [0.2, 0.25) is 5.91 Å². The molecule has 14 heteroatoms. The maximum absolute atomic E-state index is 12.4. The lowest BCUT2D eigenvalue weighted by Gasteiger charge is -2.22. The van der Waals surface area contributed by atoms with E-state index < -0.39 is 29.3 Å². The zero-order valence-corrected chi connectivity index (χ0v) is 23.6. The van der Waals surface area contributed by atoms with Crippen molar-refractivity contribution in [1.29, 1.82) is 0 Å². The summed E-state index contributed by atoms with van der Waals surface area (Å²) in [6.07, 6.45) is 3.97. The topological polar surface area (TPSA) is 187 Å². The second kappa shape index (κ2) is 16.7. The van der Waals surface area contributed by atoms with E-state index in [1.807, 2.05) is 0 Å². The molecular weight excluding hydrogens is 541 g/mol. The second-order valence-electron chi connectivity index (χ2n) is 9.15. The number of nitrogens with two attached hydrogens (primary N) is 1. The monoisotopic (exact) mass is 579 g/mol. The molecule has 40 heavy (non-hydrogen) atoms. The Morgan fingerprint density at radius 2 is 1.73 bits per heavy atom. The van der Waals surface area contributed by atoms with Gasteiger partial charge in [-0.1, -0.05) is 37.1 Å². The lowest BCUT2D eigenvalue weighted by atomic mass is 9.75. The van der Waals surface area contributed by atoms with Crippen molar-refractivity contribution < 1.29 is 41.7 Å². The van der Waals surface area contributed by atoms with Gasteiger partial charge in [-0.2, -0.15) is 8.42 Å². The molecule has 1 aliphatic carbocycles. The fourth-order valence-electron chi connectivity index (χ4n) is 4.10. The van der Waals surface area contributed by atoms with Crippen molar-refractivity contribution in [3.8, 4) is 11.5 Å². The molecule has 6 N–H and O–H groups in total. The molecule has 0 spiro atoms. The number of benzene rings is 2. The van der Waals surface area contributed by atoms with Crippen LogP contribution in [-0.4, -0.2) is 63.8 Å². The molecule has 2 aromatic carbocycles. The van der Waals surface area contributed by atoms with Crippen molar-refractivity contribution in [3.05, 3.63) is 54.1 Å². The highest BCUT2D eigenvalue weighted by molar-refractivity contribution is 7.85. The van der Waals surface area contributed by atoms with Gasteiger partial charge in [-0.3, -0.25) is 9.35 Å². The van der Waals surface area contributed by atoms with E-state index in [4.69, 9.17) is 24.4 Å². The Morgan fingerprint density at radius 3 is 2.27 bits per heavy atom. The van der Waals surface area contributed by atoms with Gasteiger partial charge in [0, 0.05) is 12.5 Å². The van der Waals surface area contributed by atoms with E-state index in [9.17, 15) is 23.0 Å². The number of hydrogen-bond acceptors (Lipinski definition) is 9. The largest absolute Gasteiger partial charge is 0.549 e. The third-order valence-electron chi connectivity index (χ3n) is 6.27. The smallest absolute Gasteiger partial charge is 0.493 e. The van der Waals surface area contributed by atoms with Crippen molar-refractivity contribution in [2.45, 2.75) is 55.9 Å². The molecule has 1 aliphatic rings. The fourth-order valence-corrected chi connectivity index (χ4v) is 4.60. The zero-order chi connectivity index (χ0) is 29.5. The number of hydrogen-bond donors (Lipinski definition) is 5. The van der Waals surface area contributed by atoms with Crippen LogP contribution in [0.4, 0.5) is 4.79 Å². The normalized spacial score (nSPS) is 13.8. The fraction of sp³-hybridized carbons (Fsp3) is 0.462. The van der Waals surface area contributed by atoms with Crippen LogP contribution in [0.25, 0.3) is 0 Å². The predicted octanol–water partition coefficient (Wildman–Crippen LogP) is 2.30. The molecule has 1 atom stereocenters. The van der Waals surface area contributed by atoms with Crippen molar-refractivity contribution in [2.75, 3.05) is 20.8 Å². The van der Waals surface area contributed by atoms with Crippen LogP contribution in [0.15, 0.2) is 53.4 Å². The van der Waals surface area contributed by atoms with Crippen molar-refractivity contribution in [1.82, 2.24) is 10.6 Å². The van der Waals surface area contributed by atoms with Gasteiger partial charge in [0.05, 0.1) is 25.1 Å². The summed E-state index contributed by atoms with van der Waals surface area (Å²) in [7, 11) is -2.40. The number of amides is 2. The first-order chi connectivity index (χ1) is 19.1. The highest BCUT2D eigenvalue weighted by atomic mass is 32.2. The summed E-state index contributed by atoms with van der Waals surface area (Å²) in [6.45, 7) is 0.585. The summed E-state index contributed by atoms with van der Waals surface area (Å²) < 4.78 is 44.7. The van der Waals surface area contributed by atoms with Crippen LogP contribution in [0, 0.1) is 5.92 Å². The number of ether oxygens (including phenoxy) is 2. The molecule has 220 valence electrons. The van der Waals surface area contributed by atoms with Gasteiger partial charge < -0.3 is 35.5 Å². The SMILES string of the molecule is COc1ccc(CNC(=O)OB(O)C(CCCN)NC(=O)C2CCCC2)cc1OC.O=S(=O)(O)c1ccccc1.